The maximum absolute atomic E-state index is 13.0. The van der Waals surface area contributed by atoms with Crippen LogP contribution in [0.15, 0.2) is 48.5 Å². The van der Waals surface area contributed by atoms with Crippen LogP contribution in [-0.2, 0) is 6.42 Å². The molecule has 31 heavy (non-hydrogen) atoms. The van der Waals surface area contributed by atoms with E-state index in [1.807, 2.05) is 48.5 Å². The molecule has 7 nitrogen and oxygen atoms in total. The maximum Gasteiger partial charge on any atom is 0.229 e. The summed E-state index contributed by atoms with van der Waals surface area (Å²) in [7, 11) is 3.24. The van der Waals surface area contributed by atoms with Gasteiger partial charge in [0.1, 0.15) is 17.3 Å². The number of Topliss-reactive ketones (excluding diaryl/α,β-unsaturated/α-hetero) is 1. The van der Waals surface area contributed by atoms with Crippen LogP contribution < -0.4 is 20.1 Å². The van der Waals surface area contributed by atoms with Crippen molar-refractivity contribution >= 4 is 28.9 Å². The zero-order valence-corrected chi connectivity index (χ0v) is 18.2. The Bertz CT molecular complexity index is 1110. The molecule has 0 spiro atoms. The molecule has 0 unspecified atom stereocenters. The molecule has 2 aromatic carbocycles. The summed E-state index contributed by atoms with van der Waals surface area (Å²) in [6.45, 7) is 4.17. The van der Waals surface area contributed by atoms with Gasteiger partial charge in [0.25, 0.3) is 0 Å². The monoisotopic (exact) mass is 418 g/mol. The van der Waals surface area contributed by atoms with Crippen molar-refractivity contribution in [1.29, 1.82) is 0 Å². The molecule has 0 saturated carbocycles. The van der Waals surface area contributed by atoms with E-state index in [0.29, 0.717) is 35.9 Å². The zero-order chi connectivity index (χ0) is 22.0. The van der Waals surface area contributed by atoms with Crippen LogP contribution in [0.4, 0.5) is 23.1 Å². The summed E-state index contributed by atoms with van der Waals surface area (Å²) < 4.78 is 10.7. The van der Waals surface area contributed by atoms with Gasteiger partial charge in [0.05, 0.1) is 31.2 Å². The number of carbonyl (C=O) groups excluding carboxylic acids is 1. The third-order valence-corrected chi connectivity index (χ3v) is 5.25. The van der Waals surface area contributed by atoms with Gasteiger partial charge in [-0.15, -0.1) is 0 Å². The molecule has 4 rings (SSSR count). The minimum absolute atomic E-state index is 0.0473. The van der Waals surface area contributed by atoms with Crippen molar-refractivity contribution < 1.29 is 14.3 Å². The first-order chi connectivity index (χ1) is 14.9. The summed E-state index contributed by atoms with van der Waals surface area (Å²) in [5.41, 5.74) is 2.70. The number of hydrogen-bond acceptors (Lipinski definition) is 7. The molecule has 7 heteroatoms. The van der Waals surface area contributed by atoms with E-state index in [0.717, 1.165) is 22.8 Å². The molecule has 0 amide bonds. The fraction of sp³-hybridized carbons (Fsp3) is 0.292. The number of rotatable bonds is 6. The average Bonchev–Trinajstić information content (AvgIpc) is 2.73. The molecule has 1 heterocycles. The third kappa shape index (κ3) is 4.45. The Balaban J connectivity index is 1.76. The molecule has 1 aromatic heterocycles. The highest BCUT2D eigenvalue weighted by Crippen LogP contribution is 2.38. The highest BCUT2D eigenvalue weighted by molar-refractivity contribution is 6.03. The van der Waals surface area contributed by atoms with Gasteiger partial charge in [-0.1, -0.05) is 26.0 Å². The summed E-state index contributed by atoms with van der Waals surface area (Å²) in [5, 5.41) is 6.54. The van der Waals surface area contributed by atoms with Gasteiger partial charge in [0.2, 0.25) is 5.95 Å². The zero-order valence-electron chi connectivity index (χ0n) is 18.2. The average molecular weight is 418 g/mol. The summed E-state index contributed by atoms with van der Waals surface area (Å²) in [5.74, 6) is 2.39. The normalized spacial score (nSPS) is 14.5. The Morgan fingerprint density at radius 1 is 0.903 bits per heavy atom. The van der Waals surface area contributed by atoms with Crippen LogP contribution in [0.2, 0.25) is 0 Å². The van der Waals surface area contributed by atoms with E-state index in [4.69, 9.17) is 14.5 Å². The van der Waals surface area contributed by atoms with Crippen molar-refractivity contribution in [1.82, 2.24) is 9.97 Å². The fourth-order valence-corrected chi connectivity index (χ4v) is 3.79. The van der Waals surface area contributed by atoms with E-state index in [-0.39, 0.29) is 11.2 Å². The van der Waals surface area contributed by atoms with Crippen LogP contribution in [-0.4, -0.2) is 30.0 Å². The maximum atomic E-state index is 13.0. The minimum atomic E-state index is -0.155. The molecule has 0 saturated heterocycles. The van der Waals surface area contributed by atoms with Gasteiger partial charge in [0, 0.05) is 12.1 Å². The second-order valence-electron chi connectivity index (χ2n) is 8.34. The molecular formula is C24H26N4O3. The fourth-order valence-electron chi connectivity index (χ4n) is 3.79. The third-order valence-electron chi connectivity index (χ3n) is 5.25. The Kier molecular flexibility index (Phi) is 5.50. The van der Waals surface area contributed by atoms with E-state index < -0.39 is 0 Å². The van der Waals surface area contributed by atoms with Gasteiger partial charge in [-0.3, -0.25) is 4.79 Å². The number of hydrogen-bond donors (Lipinski definition) is 2. The van der Waals surface area contributed by atoms with Crippen LogP contribution >= 0.6 is 0 Å². The van der Waals surface area contributed by atoms with E-state index in [1.54, 1.807) is 14.2 Å². The van der Waals surface area contributed by atoms with Crippen LogP contribution in [0.1, 0.15) is 36.3 Å². The van der Waals surface area contributed by atoms with Crippen molar-refractivity contribution in [2.75, 3.05) is 24.9 Å². The second-order valence-corrected chi connectivity index (χ2v) is 8.34. The van der Waals surface area contributed by atoms with Gasteiger partial charge in [-0.25, -0.2) is 4.98 Å². The lowest BCUT2D eigenvalue weighted by atomic mass is 9.75. The van der Waals surface area contributed by atoms with Crippen molar-refractivity contribution in [2.24, 2.45) is 5.41 Å². The lowest BCUT2D eigenvalue weighted by molar-refractivity contribution is 0.0911. The molecular weight excluding hydrogens is 392 g/mol. The predicted octanol–water partition coefficient (Wildman–Crippen LogP) is 5.14. The van der Waals surface area contributed by atoms with Gasteiger partial charge in [-0.05, 0) is 48.2 Å². The number of aromatic nitrogens is 2. The number of para-hydroxylation sites is 2. The largest absolute Gasteiger partial charge is 0.497 e. The molecule has 160 valence electrons. The lowest BCUT2D eigenvalue weighted by Crippen LogP contribution is -2.29. The molecule has 3 aromatic rings. The number of fused-ring (bicyclic) bond motifs is 1. The first-order valence-electron chi connectivity index (χ1n) is 10.1. The van der Waals surface area contributed by atoms with Crippen molar-refractivity contribution in [3.63, 3.8) is 0 Å². The van der Waals surface area contributed by atoms with Crippen molar-refractivity contribution in [3.8, 4) is 11.5 Å². The molecule has 0 bridgehead atoms. The standard InChI is InChI=1S/C24H26N4O3/c1-24(2)13-18-21(19(29)14-24)22(25-15-9-11-16(30-3)12-10-15)28-23(27-18)26-17-7-5-6-8-20(17)31-4/h5-12H,13-14H2,1-4H3,(H2,25,26,27,28). The van der Waals surface area contributed by atoms with E-state index >= 15 is 0 Å². The van der Waals surface area contributed by atoms with Crippen molar-refractivity contribution in [3.05, 3.63) is 59.8 Å². The van der Waals surface area contributed by atoms with E-state index in [9.17, 15) is 4.79 Å². The summed E-state index contributed by atoms with van der Waals surface area (Å²) in [6.07, 6.45) is 1.15. The Hall–Kier alpha value is -3.61. The molecule has 0 fully saturated rings. The van der Waals surface area contributed by atoms with Gasteiger partial charge >= 0.3 is 0 Å². The van der Waals surface area contributed by atoms with Gasteiger partial charge < -0.3 is 20.1 Å². The summed E-state index contributed by atoms with van der Waals surface area (Å²) in [6, 6.07) is 15.1. The number of carbonyl (C=O) groups is 1. The molecule has 0 radical (unpaired) electrons. The number of nitrogens with one attached hydrogen (secondary N) is 2. The smallest absolute Gasteiger partial charge is 0.229 e. The van der Waals surface area contributed by atoms with Crippen LogP contribution in [0.3, 0.4) is 0 Å². The molecule has 0 atom stereocenters. The highest BCUT2D eigenvalue weighted by Gasteiger charge is 2.35. The molecule has 1 aliphatic carbocycles. The first kappa shape index (κ1) is 20.7. The lowest BCUT2D eigenvalue weighted by Gasteiger charge is -2.30. The summed E-state index contributed by atoms with van der Waals surface area (Å²) in [4.78, 5) is 22.4. The van der Waals surface area contributed by atoms with E-state index in [2.05, 4.69) is 29.5 Å². The number of ether oxygens (including phenoxy) is 2. The highest BCUT2D eigenvalue weighted by atomic mass is 16.5. The Morgan fingerprint density at radius 2 is 1.65 bits per heavy atom. The van der Waals surface area contributed by atoms with Crippen LogP contribution in [0.25, 0.3) is 0 Å². The topological polar surface area (TPSA) is 85.4 Å². The second kappa shape index (κ2) is 8.26. The van der Waals surface area contributed by atoms with Crippen molar-refractivity contribution in [2.45, 2.75) is 26.7 Å². The number of anilines is 4. The van der Waals surface area contributed by atoms with Crippen LogP contribution in [0, 0.1) is 5.41 Å². The predicted molar refractivity (Wildman–Crippen MR) is 121 cm³/mol. The minimum Gasteiger partial charge on any atom is -0.497 e. The summed E-state index contributed by atoms with van der Waals surface area (Å²) >= 11 is 0. The first-order valence-corrected chi connectivity index (χ1v) is 10.1. The Morgan fingerprint density at radius 3 is 2.35 bits per heavy atom. The molecule has 0 aliphatic heterocycles. The van der Waals surface area contributed by atoms with Gasteiger partial charge in [0.15, 0.2) is 5.78 Å². The number of ketones is 1. The Labute approximate surface area is 181 Å². The quantitative estimate of drug-likeness (QED) is 0.573. The molecule has 1 aliphatic rings. The van der Waals surface area contributed by atoms with E-state index in [1.165, 1.54) is 0 Å². The number of benzene rings is 2. The number of nitrogens with zero attached hydrogens (tertiary/aromatic N) is 2. The molecule has 2 N–H and O–H groups in total. The van der Waals surface area contributed by atoms with Gasteiger partial charge in [-0.2, -0.15) is 4.98 Å². The van der Waals surface area contributed by atoms with Crippen LogP contribution in [0.5, 0.6) is 11.5 Å². The number of methoxy groups -OCH3 is 2. The SMILES string of the molecule is COc1ccc(Nc2nc(Nc3ccccc3OC)nc3c2C(=O)CC(C)(C)C3)cc1.